The summed E-state index contributed by atoms with van der Waals surface area (Å²) in [5.74, 6) is -3.13. The average molecular weight is 336 g/mol. The lowest BCUT2D eigenvalue weighted by Gasteiger charge is -2.28. The average Bonchev–Trinajstić information content (AvgIpc) is 3.07. The van der Waals surface area contributed by atoms with E-state index in [0.29, 0.717) is 0 Å². The van der Waals surface area contributed by atoms with Gasteiger partial charge in [-0.15, -0.1) is 11.3 Å². The maximum Gasteiger partial charge on any atom is 0.248 e. The second-order valence-electron chi connectivity index (χ2n) is 5.85. The van der Waals surface area contributed by atoms with Gasteiger partial charge in [-0.1, -0.05) is 30.3 Å². The molecule has 0 radical (unpaired) electrons. The Hall–Kier alpha value is -1.82. The lowest BCUT2D eigenvalue weighted by molar-refractivity contribution is -0.129. The molecular weight excluding hydrogens is 318 g/mol. The molecule has 0 aliphatic heterocycles. The zero-order valence-corrected chi connectivity index (χ0v) is 13.4. The first-order valence-electron chi connectivity index (χ1n) is 7.68. The number of hydrogen-bond donors (Lipinski definition) is 1. The monoisotopic (exact) mass is 336 g/mol. The van der Waals surface area contributed by atoms with E-state index >= 15 is 0 Å². The Kier molecular flexibility index (Phi) is 4.71. The van der Waals surface area contributed by atoms with E-state index in [-0.39, 0.29) is 43.6 Å². The molecule has 1 unspecified atom stereocenters. The lowest BCUT2D eigenvalue weighted by Crippen LogP contribution is -2.38. The van der Waals surface area contributed by atoms with Crippen molar-refractivity contribution in [3.63, 3.8) is 0 Å². The highest BCUT2D eigenvalue weighted by Crippen LogP contribution is 2.36. The van der Waals surface area contributed by atoms with E-state index in [0.717, 1.165) is 10.6 Å². The van der Waals surface area contributed by atoms with Crippen LogP contribution in [0.15, 0.2) is 41.9 Å². The van der Waals surface area contributed by atoms with Crippen LogP contribution in [-0.4, -0.2) is 16.8 Å². The molecule has 1 aliphatic carbocycles. The van der Waals surface area contributed by atoms with E-state index in [1.165, 1.54) is 11.3 Å². The molecule has 1 aromatic heterocycles. The maximum absolute atomic E-state index is 13.3. The summed E-state index contributed by atoms with van der Waals surface area (Å²) >= 11 is 1.47. The zero-order chi connectivity index (χ0) is 16.3. The van der Waals surface area contributed by atoms with Crippen LogP contribution in [0.1, 0.15) is 42.3 Å². The molecule has 2 aromatic rings. The van der Waals surface area contributed by atoms with E-state index in [2.05, 4.69) is 10.3 Å². The largest absolute Gasteiger partial charge is 0.342 e. The van der Waals surface area contributed by atoms with Crippen LogP contribution in [0.25, 0.3) is 0 Å². The maximum atomic E-state index is 13.3. The van der Waals surface area contributed by atoms with Crippen molar-refractivity contribution in [2.45, 2.75) is 37.6 Å². The number of thiazole rings is 1. The van der Waals surface area contributed by atoms with Gasteiger partial charge in [0.1, 0.15) is 11.0 Å². The van der Waals surface area contributed by atoms with Crippen molar-refractivity contribution >= 4 is 17.2 Å². The molecule has 1 aliphatic rings. The first-order chi connectivity index (χ1) is 11.1. The molecule has 122 valence electrons. The number of alkyl halides is 2. The minimum absolute atomic E-state index is 0.162. The Morgan fingerprint density at radius 1 is 1.26 bits per heavy atom. The number of carbonyl (C=O) groups excluding carboxylic acids is 1. The molecular formula is C17H18F2N2OS. The van der Waals surface area contributed by atoms with Gasteiger partial charge in [0.15, 0.2) is 0 Å². The number of carbonyl (C=O) groups is 1. The fourth-order valence-corrected chi connectivity index (χ4v) is 3.59. The van der Waals surface area contributed by atoms with Crippen molar-refractivity contribution in [2.24, 2.45) is 5.92 Å². The molecule has 1 fully saturated rings. The summed E-state index contributed by atoms with van der Waals surface area (Å²) in [6, 6.07) is 9.26. The van der Waals surface area contributed by atoms with Gasteiger partial charge in [-0.3, -0.25) is 4.79 Å². The van der Waals surface area contributed by atoms with E-state index in [1.807, 2.05) is 35.7 Å². The second-order valence-corrected chi connectivity index (χ2v) is 6.78. The first-order valence-corrected chi connectivity index (χ1v) is 8.56. The normalized spacial score (nSPS) is 19.2. The topological polar surface area (TPSA) is 42.0 Å². The Morgan fingerprint density at radius 2 is 1.96 bits per heavy atom. The highest BCUT2D eigenvalue weighted by molar-refractivity contribution is 7.09. The van der Waals surface area contributed by atoms with E-state index in [4.69, 9.17) is 0 Å². The summed E-state index contributed by atoms with van der Waals surface area (Å²) in [5, 5.41) is 5.65. The minimum Gasteiger partial charge on any atom is -0.342 e. The van der Waals surface area contributed by atoms with Gasteiger partial charge in [-0.25, -0.2) is 13.8 Å². The Balaban J connectivity index is 1.73. The van der Waals surface area contributed by atoms with Gasteiger partial charge in [0, 0.05) is 30.3 Å². The quantitative estimate of drug-likeness (QED) is 0.910. The van der Waals surface area contributed by atoms with Crippen molar-refractivity contribution in [1.29, 1.82) is 0 Å². The molecule has 3 rings (SSSR count). The molecule has 1 atom stereocenters. The van der Waals surface area contributed by atoms with Gasteiger partial charge in [-0.2, -0.15) is 0 Å². The molecule has 0 bridgehead atoms. The number of aromatic nitrogens is 1. The van der Waals surface area contributed by atoms with E-state index in [9.17, 15) is 13.6 Å². The molecule has 1 aromatic carbocycles. The summed E-state index contributed by atoms with van der Waals surface area (Å²) in [4.78, 5) is 16.8. The highest BCUT2D eigenvalue weighted by Gasteiger charge is 2.38. The molecule has 6 heteroatoms. The van der Waals surface area contributed by atoms with Crippen LogP contribution in [0.2, 0.25) is 0 Å². The summed E-state index contributed by atoms with van der Waals surface area (Å²) in [7, 11) is 0. The molecule has 1 heterocycles. The number of nitrogens with one attached hydrogen (secondary N) is 1. The Labute approximate surface area is 137 Å². The third kappa shape index (κ3) is 3.93. The first kappa shape index (κ1) is 16.1. The van der Waals surface area contributed by atoms with Gasteiger partial charge in [0.05, 0.1) is 0 Å². The third-order valence-corrected chi connectivity index (χ3v) is 5.05. The Morgan fingerprint density at radius 3 is 2.57 bits per heavy atom. The molecule has 0 saturated heterocycles. The van der Waals surface area contributed by atoms with Crippen molar-refractivity contribution < 1.29 is 13.6 Å². The van der Waals surface area contributed by atoms with Crippen molar-refractivity contribution in [3.8, 4) is 0 Å². The number of benzene rings is 1. The number of hydrogen-bond acceptors (Lipinski definition) is 3. The standard InChI is InChI=1S/C17H18F2N2OS/c18-17(19)8-6-13(7-9-17)15(22)21-14(16-20-10-11-23-16)12-4-2-1-3-5-12/h1-5,10-11,13-14H,6-9H2,(H,21,22). The summed E-state index contributed by atoms with van der Waals surface area (Å²) in [6.07, 6.45) is 1.75. The predicted molar refractivity (Wildman–Crippen MR) is 85.4 cm³/mol. The molecule has 23 heavy (non-hydrogen) atoms. The van der Waals surface area contributed by atoms with Crippen LogP contribution in [0.4, 0.5) is 8.78 Å². The smallest absolute Gasteiger partial charge is 0.248 e. The van der Waals surface area contributed by atoms with E-state index < -0.39 is 5.92 Å². The number of halogens is 2. The summed E-state index contributed by atoms with van der Waals surface area (Å²) in [5.41, 5.74) is 0.942. The van der Waals surface area contributed by atoms with Crippen molar-refractivity contribution in [1.82, 2.24) is 10.3 Å². The lowest BCUT2D eigenvalue weighted by atomic mass is 9.86. The number of amides is 1. The molecule has 1 amide bonds. The predicted octanol–water partition coefficient (Wildman–Crippen LogP) is 4.17. The van der Waals surface area contributed by atoms with Gasteiger partial charge in [0.25, 0.3) is 0 Å². The van der Waals surface area contributed by atoms with Crippen LogP contribution in [0, 0.1) is 5.92 Å². The summed E-state index contributed by atoms with van der Waals surface area (Å²) in [6.45, 7) is 0. The van der Waals surface area contributed by atoms with Crippen LogP contribution in [0.5, 0.6) is 0 Å². The molecule has 0 spiro atoms. The van der Waals surface area contributed by atoms with E-state index in [1.54, 1.807) is 6.20 Å². The SMILES string of the molecule is O=C(NC(c1ccccc1)c1nccs1)C1CCC(F)(F)CC1. The van der Waals surface area contributed by atoms with Gasteiger partial charge >= 0.3 is 0 Å². The highest BCUT2D eigenvalue weighted by atomic mass is 32.1. The van der Waals surface area contributed by atoms with Crippen molar-refractivity contribution in [3.05, 3.63) is 52.5 Å². The number of nitrogens with zero attached hydrogens (tertiary/aromatic N) is 1. The zero-order valence-electron chi connectivity index (χ0n) is 12.5. The number of rotatable bonds is 4. The van der Waals surface area contributed by atoms with Crippen LogP contribution in [0.3, 0.4) is 0 Å². The van der Waals surface area contributed by atoms with Crippen LogP contribution >= 0.6 is 11.3 Å². The molecule has 1 N–H and O–H groups in total. The second kappa shape index (κ2) is 6.74. The fourth-order valence-electron chi connectivity index (χ4n) is 2.87. The van der Waals surface area contributed by atoms with Gasteiger partial charge in [0.2, 0.25) is 11.8 Å². The van der Waals surface area contributed by atoms with Gasteiger partial charge in [-0.05, 0) is 18.4 Å². The van der Waals surface area contributed by atoms with Gasteiger partial charge < -0.3 is 5.32 Å². The molecule has 3 nitrogen and oxygen atoms in total. The van der Waals surface area contributed by atoms with Crippen molar-refractivity contribution in [2.75, 3.05) is 0 Å². The Bertz CT molecular complexity index is 636. The summed E-state index contributed by atoms with van der Waals surface area (Å²) < 4.78 is 26.5. The fraction of sp³-hybridized carbons (Fsp3) is 0.412. The minimum atomic E-state index is -2.62. The third-order valence-electron chi connectivity index (χ3n) is 4.21. The van der Waals surface area contributed by atoms with Crippen LogP contribution in [-0.2, 0) is 4.79 Å². The molecule has 1 saturated carbocycles. The van der Waals surface area contributed by atoms with Crippen LogP contribution < -0.4 is 5.32 Å².